The average Bonchev–Trinajstić information content (AvgIpc) is 3.57. The lowest BCUT2D eigenvalue weighted by molar-refractivity contribution is -0.112. The van der Waals surface area contributed by atoms with Gasteiger partial charge in [0.2, 0.25) is 5.90 Å². The molecule has 210 valence electrons. The van der Waals surface area contributed by atoms with Gasteiger partial charge in [-0.3, -0.25) is 24.2 Å². The molecule has 1 saturated heterocycles. The highest BCUT2D eigenvalue weighted by molar-refractivity contribution is 6.22. The van der Waals surface area contributed by atoms with Gasteiger partial charge in [0.25, 0.3) is 11.8 Å². The zero-order valence-corrected chi connectivity index (χ0v) is 23.1. The van der Waals surface area contributed by atoms with Crippen molar-refractivity contribution in [2.45, 2.75) is 44.6 Å². The number of likely N-dealkylation sites (tertiary alicyclic amines) is 1. The van der Waals surface area contributed by atoms with Crippen LogP contribution in [0, 0.1) is 12.3 Å². The van der Waals surface area contributed by atoms with E-state index in [1.165, 1.54) is 45.4 Å². The Morgan fingerprint density at radius 3 is 2.73 bits per heavy atom. The molecule has 2 fully saturated rings. The van der Waals surface area contributed by atoms with Crippen LogP contribution in [-0.4, -0.2) is 75.9 Å². The monoisotopic (exact) mass is 545 g/mol. The van der Waals surface area contributed by atoms with Crippen molar-refractivity contribution in [3.8, 4) is 0 Å². The van der Waals surface area contributed by atoms with Crippen LogP contribution >= 0.6 is 0 Å². The van der Waals surface area contributed by atoms with Crippen molar-refractivity contribution in [1.29, 1.82) is 5.41 Å². The van der Waals surface area contributed by atoms with E-state index >= 15 is 0 Å². The van der Waals surface area contributed by atoms with E-state index in [1.54, 1.807) is 43.3 Å². The molecule has 1 saturated carbocycles. The van der Waals surface area contributed by atoms with E-state index in [4.69, 9.17) is 10.1 Å². The van der Waals surface area contributed by atoms with Gasteiger partial charge in [-0.15, -0.1) is 0 Å². The van der Waals surface area contributed by atoms with Crippen LogP contribution in [0.15, 0.2) is 47.1 Å². The number of nitrogens with zero attached hydrogens (tertiary/aromatic N) is 5. The number of aromatic nitrogens is 3. The minimum Gasteiger partial charge on any atom is -0.479 e. The first-order chi connectivity index (χ1) is 19.3. The van der Waals surface area contributed by atoms with E-state index in [-0.39, 0.29) is 23.1 Å². The van der Waals surface area contributed by atoms with Gasteiger partial charge >= 0.3 is 0 Å². The van der Waals surface area contributed by atoms with Crippen LogP contribution < -0.4 is 16.0 Å². The summed E-state index contributed by atoms with van der Waals surface area (Å²) in [6, 6.07) is 1.60. The van der Waals surface area contributed by atoms with Crippen LogP contribution in [0.5, 0.6) is 0 Å². The standard InChI is InChI=1S/C28H35N9O3/c1-18-22(12-19(14-31-18)25(38)30-9-11-37-10-5-8-28(37)6-4-7-28)34-26(39)21(13-29)24-27(40-3)35-23(16-32-24)20-15-33-36(2)17-20/h12-17,29,32H,4-11H2,1-3H3,(H,30,38)(H,34,39)/b24-21+,29-13?. The summed E-state index contributed by atoms with van der Waals surface area (Å²) in [5.74, 6) is -0.659. The zero-order valence-electron chi connectivity index (χ0n) is 23.1. The van der Waals surface area contributed by atoms with Gasteiger partial charge in [0.15, 0.2) is 0 Å². The molecule has 12 nitrogen and oxygen atoms in total. The van der Waals surface area contributed by atoms with Crippen LogP contribution in [0.25, 0.3) is 5.70 Å². The molecular weight excluding hydrogens is 510 g/mol. The number of aliphatic imine (C=N–C) groups is 1. The fourth-order valence-corrected chi connectivity index (χ4v) is 5.57. The van der Waals surface area contributed by atoms with Gasteiger partial charge in [-0.25, -0.2) is 4.99 Å². The third kappa shape index (κ3) is 5.39. The van der Waals surface area contributed by atoms with Gasteiger partial charge in [0, 0.05) is 56.0 Å². The minimum absolute atomic E-state index is 0.00637. The molecule has 3 aliphatic rings. The van der Waals surface area contributed by atoms with E-state index < -0.39 is 5.91 Å². The molecule has 2 aromatic heterocycles. The number of aryl methyl sites for hydroxylation is 2. The van der Waals surface area contributed by atoms with Gasteiger partial charge in [-0.2, -0.15) is 5.10 Å². The molecule has 0 unspecified atom stereocenters. The molecule has 40 heavy (non-hydrogen) atoms. The van der Waals surface area contributed by atoms with E-state index in [0.29, 0.717) is 34.7 Å². The molecule has 0 radical (unpaired) electrons. The maximum atomic E-state index is 13.3. The number of rotatable bonds is 8. The quantitative estimate of drug-likeness (QED) is 0.294. The van der Waals surface area contributed by atoms with Crippen LogP contribution in [0.1, 0.15) is 53.7 Å². The maximum Gasteiger partial charge on any atom is 0.259 e. The van der Waals surface area contributed by atoms with Gasteiger partial charge in [-0.1, -0.05) is 0 Å². The fraction of sp³-hybridized carbons (Fsp3) is 0.429. The first kappa shape index (κ1) is 27.3. The highest BCUT2D eigenvalue weighted by Crippen LogP contribution is 2.45. The highest BCUT2D eigenvalue weighted by atomic mass is 16.5. The topological polar surface area (TPSA) is 150 Å². The maximum absolute atomic E-state index is 13.3. The summed E-state index contributed by atoms with van der Waals surface area (Å²) in [6.45, 7) is 4.22. The Kier molecular flexibility index (Phi) is 7.78. The molecule has 2 amide bonds. The molecule has 4 N–H and O–H groups in total. The Balaban J connectivity index is 1.26. The number of amides is 2. The normalized spacial score (nSPS) is 19.2. The minimum atomic E-state index is -0.567. The summed E-state index contributed by atoms with van der Waals surface area (Å²) >= 11 is 0. The number of hydrogen-bond donors (Lipinski definition) is 4. The first-order valence-electron chi connectivity index (χ1n) is 13.5. The Labute approximate surface area is 233 Å². The average molecular weight is 546 g/mol. The second-order valence-electron chi connectivity index (χ2n) is 10.4. The number of anilines is 1. The number of nitrogens with one attached hydrogen (secondary N) is 4. The predicted octanol–water partition coefficient (Wildman–Crippen LogP) is 2.36. The molecule has 0 aromatic carbocycles. The molecule has 2 aromatic rings. The van der Waals surface area contributed by atoms with Gasteiger partial charge in [0.05, 0.1) is 41.5 Å². The lowest BCUT2D eigenvalue weighted by Crippen LogP contribution is -2.51. The summed E-state index contributed by atoms with van der Waals surface area (Å²) in [7, 11) is 3.25. The van der Waals surface area contributed by atoms with Crippen LogP contribution in [0.3, 0.4) is 0 Å². The number of methoxy groups -OCH3 is 1. The van der Waals surface area contributed by atoms with Crippen molar-refractivity contribution in [2.75, 3.05) is 32.1 Å². The number of carbonyl (C=O) groups is 2. The molecule has 1 aliphatic carbocycles. The van der Waals surface area contributed by atoms with E-state index in [0.717, 1.165) is 24.9 Å². The molecule has 12 heteroatoms. The smallest absolute Gasteiger partial charge is 0.259 e. The van der Waals surface area contributed by atoms with E-state index in [2.05, 4.69) is 35.9 Å². The number of pyridine rings is 1. The first-order valence-corrected chi connectivity index (χ1v) is 13.5. The molecule has 0 atom stereocenters. The SMILES string of the molecule is COC1=NC(c2cnn(C)c2)=CN/C1=C(\C=N)C(=O)Nc1cc(C(=O)NCCN2CCCC23CCC3)cnc1C. The Hall–Kier alpha value is -4.32. The van der Waals surface area contributed by atoms with Crippen molar-refractivity contribution in [1.82, 2.24) is 30.3 Å². The van der Waals surface area contributed by atoms with Crippen molar-refractivity contribution in [3.05, 3.63) is 58.9 Å². The van der Waals surface area contributed by atoms with Gasteiger partial charge in [0.1, 0.15) is 5.70 Å². The third-order valence-electron chi connectivity index (χ3n) is 7.93. The largest absolute Gasteiger partial charge is 0.479 e. The van der Waals surface area contributed by atoms with Crippen LogP contribution in [0.2, 0.25) is 0 Å². The summed E-state index contributed by atoms with van der Waals surface area (Å²) in [5, 5.41) is 20.9. The molecule has 1 spiro atoms. The Morgan fingerprint density at radius 1 is 1.25 bits per heavy atom. The molecular formula is C28H35N9O3. The van der Waals surface area contributed by atoms with Crippen LogP contribution in [-0.2, 0) is 16.6 Å². The summed E-state index contributed by atoms with van der Waals surface area (Å²) < 4.78 is 7.08. The number of hydrogen-bond acceptors (Lipinski definition) is 9. The Bertz CT molecular complexity index is 1420. The summed E-state index contributed by atoms with van der Waals surface area (Å²) in [6.07, 6.45) is 13.8. The van der Waals surface area contributed by atoms with Gasteiger partial charge < -0.3 is 26.1 Å². The lowest BCUT2D eigenvalue weighted by Gasteiger charge is -2.46. The van der Waals surface area contributed by atoms with Crippen LogP contribution in [0.4, 0.5) is 5.69 Å². The Morgan fingerprint density at radius 2 is 2.05 bits per heavy atom. The lowest BCUT2D eigenvalue weighted by atomic mass is 9.75. The summed E-state index contributed by atoms with van der Waals surface area (Å²) in [5.41, 5.74) is 3.23. The zero-order chi connectivity index (χ0) is 28.3. The molecule has 4 heterocycles. The molecule has 2 aliphatic heterocycles. The van der Waals surface area contributed by atoms with E-state index in [9.17, 15) is 9.59 Å². The van der Waals surface area contributed by atoms with Gasteiger partial charge in [-0.05, 0) is 51.6 Å². The number of carbonyl (C=O) groups excluding carboxylic acids is 2. The molecule has 5 rings (SSSR count). The van der Waals surface area contributed by atoms with Crippen molar-refractivity contribution in [3.63, 3.8) is 0 Å². The van der Waals surface area contributed by atoms with Crippen molar-refractivity contribution < 1.29 is 14.3 Å². The predicted molar refractivity (Wildman–Crippen MR) is 152 cm³/mol. The van der Waals surface area contributed by atoms with Crippen molar-refractivity contribution >= 4 is 35.3 Å². The van der Waals surface area contributed by atoms with E-state index in [1.807, 2.05) is 0 Å². The van der Waals surface area contributed by atoms with Crippen molar-refractivity contribution in [2.24, 2.45) is 12.0 Å². The highest BCUT2D eigenvalue weighted by Gasteiger charge is 2.44. The fourth-order valence-electron chi connectivity index (χ4n) is 5.57. The summed E-state index contributed by atoms with van der Waals surface area (Å²) in [4.78, 5) is 37.5. The second kappa shape index (κ2) is 11.4. The second-order valence-corrected chi connectivity index (χ2v) is 10.4. The third-order valence-corrected chi connectivity index (χ3v) is 7.93. The molecule has 0 bridgehead atoms. The number of ether oxygens (including phenoxy) is 1.